The van der Waals surface area contributed by atoms with Crippen LogP contribution in [0.15, 0.2) is 40.8 Å². The molecule has 1 heterocycles. The first-order valence-corrected chi connectivity index (χ1v) is 9.77. The van der Waals surface area contributed by atoms with Gasteiger partial charge in [0, 0.05) is 13.1 Å². The van der Waals surface area contributed by atoms with E-state index in [1.165, 1.54) is 25.7 Å². The minimum absolute atomic E-state index is 0.424. The Balaban J connectivity index is 1.67. The summed E-state index contributed by atoms with van der Waals surface area (Å²) in [7, 11) is -3.32. The number of aryl methyl sites for hydroxylation is 1. The average molecular weight is 319 g/mol. The summed E-state index contributed by atoms with van der Waals surface area (Å²) in [5, 5.41) is 0. The van der Waals surface area contributed by atoms with Crippen molar-refractivity contribution in [3.8, 4) is 0 Å². The van der Waals surface area contributed by atoms with Crippen LogP contribution in [0.3, 0.4) is 0 Å². The van der Waals surface area contributed by atoms with Gasteiger partial charge in [0.25, 0.3) is 0 Å². The number of hydrogen-bond acceptors (Lipinski definition) is 2. The maximum Gasteiger partial charge on any atom is 0.243 e. The molecule has 3 rings (SSSR count). The molecular weight excluding hydrogens is 294 g/mol. The molecule has 0 aromatic heterocycles. The van der Waals surface area contributed by atoms with Crippen molar-refractivity contribution in [2.24, 2.45) is 5.92 Å². The standard InChI is InChI=1S/C18H25NO2S/c1-15-7-9-18(10-8-15)22(20,21)19-13-11-17(12-14-19)16-5-3-2-4-6-16/h5,7-10,17H,2-4,6,11-14H2,1H3. The first-order valence-electron chi connectivity index (χ1n) is 8.33. The summed E-state index contributed by atoms with van der Waals surface area (Å²) < 4.78 is 27.0. The Labute approximate surface area is 134 Å². The second-order valence-electron chi connectivity index (χ2n) is 6.52. The Kier molecular flexibility index (Phi) is 4.69. The van der Waals surface area contributed by atoms with Crippen LogP contribution < -0.4 is 0 Å². The second kappa shape index (κ2) is 6.55. The molecule has 1 saturated heterocycles. The number of benzene rings is 1. The lowest BCUT2D eigenvalue weighted by molar-refractivity contribution is 0.292. The smallest absolute Gasteiger partial charge is 0.207 e. The van der Waals surface area contributed by atoms with Gasteiger partial charge >= 0.3 is 0 Å². The lowest BCUT2D eigenvalue weighted by Gasteiger charge is -2.33. The van der Waals surface area contributed by atoms with Crippen molar-refractivity contribution in [1.82, 2.24) is 4.31 Å². The second-order valence-corrected chi connectivity index (χ2v) is 8.45. The zero-order valence-corrected chi connectivity index (χ0v) is 14.1. The molecule has 1 aromatic rings. The molecule has 0 radical (unpaired) electrons. The number of sulfonamides is 1. The van der Waals surface area contributed by atoms with Crippen LogP contribution in [0.4, 0.5) is 0 Å². The molecule has 22 heavy (non-hydrogen) atoms. The largest absolute Gasteiger partial charge is 0.243 e. The summed E-state index contributed by atoms with van der Waals surface area (Å²) in [6.45, 7) is 3.27. The number of rotatable bonds is 3. The minimum atomic E-state index is -3.32. The molecule has 0 N–H and O–H groups in total. The van der Waals surface area contributed by atoms with Gasteiger partial charge in [0.05, 0.1) is 4.90 Å². The molecule has 0 unspecified atom stereocenters. The van der Waals surface area contributed by atoms with E-state index in [2.05, 4.69) is 6.08 Å². The fraction of sp³-hybridized carbons (Fsp3) is 0.556. The van der Waals surface area contributed by atoms with Gasteiger partial charge in [-0.1, -0.05) is 29.3 Å². The van der Waals surface area contributed by atoms with Crippen molar-refractivity contribution in [1.29, 1.82) is 0 Å². The van der Waals surface area contributed by atoms with E-state index in [-0.39, 0.29) is 0 Å². The van der Waals surface area contributed by atoms with Crippen LogP contribution in [-0.4, -0.2) is 25.8 Å². The minimum Gasteiger partial charge on any atom is -0.207 e. The first-order chi connectivity index (χ1) is 10.6. The Morgan fingerprint density at radius 2 is 1.73 bits per heavy atom. The molecule has 4 heteroatoms. The average Bonchev–Trinajstić information content (AvgIpc) is 2.56. The summed E-state index contributed by atoms with van der Waals surface area (Å²) in [4.78, 5) is 0.424. The molecule has 1 aromatic carbocycles. The van der Waals surface area contributed by atoms with Crippen molar-refractivity contribution in [2.45, 2.75) is 50.3 Å². The van der Waals surface area contributed by atoms with E-state index in [1.54, 1.807) is 22.0 Å². The molecule has 2 aliphatic rings. The van der Waals surface area contributed by atoms with Crippen molar-refractivity contribution in [3.05, 3.63) is 41.5 Å². The molecule has 0 spiro atoms. The molecule has 0 bridgehead atoms. The Bertz CT molecular complexity index is 638. The molecule has 120 valence electrons. The highest BCUT2D eigenvalue weighted by Crippen LogP contribution is 2.33. The van der Waals surface area contributed by atoms with Gasteiger partial charge in [0.15, 0.2) is 0 Å². The van der Waals surface area contributed by atoms with Crippen molar-refractivity contribution in [3.63, 3.8) is 0 Å². The molecule has 0 atom stereocenters. The number of allylic oxidation sites excluding steroid dienone is 2. The quantitative estimate of drug-likeness (QED) is 0.793. The molecule has 1 aliphatic heterocycles. The van der Waals surface area contributed by atoms with E-state index in [4.69, 9.17) is 0 Å². The van der Waals surface area contributed by atoms with Crippen LogP contribution in [0.25, 0.3) is 0 Å². The number of piperidine rings is 1. The van der Waals surface area contributed by atoms with Crippen LogP contribution in [0, 0.1) is 12.8 Å². The normalized spacial score (nSPS) is 21.6. The van der Waals surface area contributed by atoms with Gasteiger partial charge in [0.1, 0.15) is 0 Å². The molecular formula is C18H25NO2S. The predicted octanol–water partition coefficient (Wildman–Crippen LogP) is 3.90. The SMILES string of the molecule is Cc1ccc(S(=O)(=O)N2CCC(C3=CCCCC3)CC2)cc1. The van der Waals surface area contributed by atoms with Gasteiger partial charge < -0.3 is 0 Å². The lowest BCUT2D eigenvalue weighted by atomic mass is 9.84. The first kappa shape index (κ1) is 15.8. The molecule has 1 aliphatic carbocycles. The number of nitrogens with zero attached hydrogens (tertiary/aromatic N) is 1. The van der Waals surface area contributed by atoms with Crippen LogP contribution >= 0.6 is 0 Å². The lowest BCUT2D eigenvalue weighted by Crippen LogP contribution is -2.38. The number of hydrogen-bond donors (Lipinski definition) is 0. The van der Waals surface area contributed by atoms with Gasteiger partial charge in [0.2, 0.25) is 10.0 Å². The molecule has 1 fully saturated rings. The third-order valence-electron chi connectivity index (χ3n) is 4.96. The van der Waals surface area contributed by atoms with Gasteiger partial charge in [-0.05, 0) is 63.5 Å². The highest BCUT2D eigenvalue weighted by atomic mass is 32.2. The Morgan fingerprint density at radius 1 is 1.05 bits per heavy atom. The van der Waals surface area contributed by atoms with E-state index >= 15 is 0 Å². The van der Waals surface area contributed by atoms with E-state index in [0.717, 1.165) is 18.4 Å². The van der Waals surface area contributed by atoms with Crippen molar-refractivity contribution in [2.75, 3.05) is 13.1 Å². The van der Waals surface area contributed by atoms with Crippen LogP contribution in [-0.2, 0) is 10.0 Å². The van der Waals surface area contributed by atoms with E-state index in [1.807, 2.05) is 19.1 Å². The van der Waals surface area contributed by atoms with Gasteiger partial charge in [-0.2, -0.15) is 4.31 Å². The fourth-order valence-electron chi connectivity index (χ4n) is 3.56. The van der Waals surface area contributed by atoms with Crippen LogP contribution in [0.1, 0.15) is 44.1 Å². The third-order valence-corrected chi connectivity index (χ3v) is 6.88. The highest BCUT2D eigenvalue weighted by Gasteiger charge is 2.30. The summed E-state index contributed by atoms with van der Waals surface area (Å²) >= 11 is 0. The fourth-order valence-corrected chi connectivity index (χ4v) is 5.03. The summed E-state index contributed by atoms with van der Waals surface area (Å²) in [6.07, 6.45) is 9.37. The highest BCUT2D eigenvalue weighted by molar-refractivity contribution is 7.89. The van der Waals surface area contributed by atoms with Crippen molar-refractivity contribution >= 4 is 10.0 Å². The van der Waals surface area contributed by atoms with Crippen molar-refractivity contribution < 1.29 is 8.42 Å². The topological polar surface area (TPSA) is 37.4 Å². The zero-order valence-electron chi connectivity index (χ0n) is 13.3. The molecule has 3 nitrogen and oxygen atoms in total. The Hall–Kier alpha value is -1.13. The monoisotopic (exact) mass is 319 g/mol. The summed E-state index contributed by atoms with van der Waals surface area (Å²) in [5.74, 6) is 0.602. The van der Waals surface area contributed by atoms with Gasteiger partial charge in [-0.3, -0.25) is 0 Å². The summed E-state index contributed by atoms with van der Waals surface area (Å²) in [5.41, 5.74) is 2.67. The molecule has 0 amide bonds. The van der Waals surface area contributed by atoms with Crippen LogP contribution in [0.2, 0.25) is 0 Å². The van der Waals surface area contributed by atoms with E-state index < -0.39 is 10.0 Å². The zero-order chi connectivity index (χ0) is 15.6. The maximum atomic E-state index is 12.7. The summed E-state index contributed by atoms with van der Waals surface area (Å²) in [6, 6.07) is 7.18. The third kappa shape index (κ3) is 3.28. The van der Waals surface area contributed by atoms with Gasteiger partial charge in [-0.15, -0.1) is 0 Å². The molecule has 0 saturated carbocycles. The van der Waals surface area contributed by atoms with E-state index in [9.17, 15) is 8.42 Å². The Morgan fingerprint density at radius 3 is 2.32 bits per heavy atom. The van der Waals surface area contributed by atoms with E-state index in [0.29, 0.717) is 23.9 Å². The predicted molar refractivity (Wildman–Crippen MR) is 89.2 cm³/mol. The maximum absolute atomic E-state index is 12.7. The van der Waals surface area contributed by atoms with Crippen LogP contribution in [0.5, 0.6) is 0 Å². The van der Waals surface area contributed by atoms with Gasteiger partial charge in [-0.25, -0.2) is 8.42 Å².